The molecule has 3 atom stereocenters. The highest BCUT2D eigenvalue weighted by Gasteiger charge is 2.23. The van der Waals surface area contributed by atoms with Crippen LogP contribution in [-0.2, 0) is 14.8 Å². The normalized spacial score (nSPS) is 14.7. The van der Waals surface area contributed by atoms with E-state index in [-0.39, 0.29) is 18.3 Å². The van der Waals surface area contributed by atoms with E-state index >= 15 is 0 Å². The number of anilines is 1. The molecular formula is C22H27FIN3O6S. The fraction of sp³-hybridized carbons (Fsp3) is 0.409. The number of aliphatic hydroxyl groups excluding tert-OH is 2. The predicted octanol–water partition coefficient (Wildman–Crippen LogP) is 2.82. The maximum Gasteiger partial charge on any atom is 0.305 e. The molecule has 0 aliphatic heterocycles. The van der Waals surface area contributed by atoms with Crippen LogP contribution in [0.3, 0.4) is 0 Å². The van der Waals surface area contributed by atoms with Gasteiger partial charge in [-0.1, -0.05) is 41.7 Å². The molecule has 0 fully saturated rings. The highest BCUT2D eigenvalue weighted by atomic mass is 127. The van der Waals surface area contributed by atoms with Crippen LogP contribution >= 0.6 is 22.6 Å². The summed E-state index contributed by atoms with van der Waals surface area (Å²) >= 11 is 2.17. The van der Waals surface area contributed by atoms with E-state index in [1.807, 2.05) is 6.92 Å². The Kier molecular flexibility index (Phi) is 9.91. The summed E-state index contributed by atoms with van der Waals surface area (Å²) in [5.74, 6) is -1.82. The molecule has 0 bridgehead atoms. The lowest BCUT2D eigenvalue weighted by molar-refractivity contribution is -0.139. The topological polar surface area (TPSA) is 141 Å². The van der Waals surface area contributed by atoms with Crippen molar-refractivity contribution in [3.63, 3.8) is 0 Å². The van der Waals surface area contributed by atoms with Crippen LogP contribution in [0.15, 0.2) is 30.3 Å². The van der Waals surface area contributed by atoms with Gasteiger partial charge in [-0.3, -0.25) is 4.79 Å². The summed E-state index contributed by atoms with van der Waals surface area (Å²) in [6.45, 7) is 1.90. The smallest absolute Gasteiger partial charge is 0.305 e. The molecule has 0 saturated heterocycles. The standard InChI is InChI=1S/C22H27FIN3O6S/c1-13(12-24)20-18(9-8-16(28)10-17(29)11-19(30)31)21(14-4-6-15(23)7-5-14)26-22(25-20)27(2)34(3,32)33/h4-9,13,16-17,28-29H,10-12H2,1-3H3,(H,30,31)/b9-8+/t13?,16-,17-/m1/s1. The van der Waals surface area contributed by atoms with Crippen molar-refractivity contribution in [2.75, 3.05) is 22.0 Å². The van der Waals surface area contributed by atoms with Gasteiger partial charge in [-0.2, -0.15) is 0 Å². The first kappa shape index (κ1) is 28.1. The molecule has 1 aromatic carbocycles. The summed E-state index contributed by atoms with van der Waals surface area (Å²) in [6, 6.07) is 5.52. The van der Waals surface area contributed by atoms with Gasteiger partial charge in [0.2, 0.25) is 16.0 Å². The number of nitrogens with zero attached hydrogens (tertiary/aromatic N) is 3. The molecule has 0 amide bonds. The molecule has 0 spiro atoms. The van der Waals surface area contributed by atoms with Crippen molar-refractivity contribution in [3.8, 4) is 11.3 Å². The number of sulfonamides is 1. The van der Waals surface area contributed by atoms with Crippen molar-refractivity contribution in [3.05, 3.63) is 47.4 Å². The van der Waals surface area contributed by atoms with E-state index in [4.69, 9.17) is 5.11 Å². The number of hydrogen-bond acceptors (Lipinski definition) is 7. The van der Waals surface area contributed by atoms with E-state index in [1.54, 1.807) is 6.08 Å². The quantitative estimate of drug-likeness (QED) is 0.262. The van der Waals surface area contributed by atoms with E-state index in [1.165, 1.54) is 37.4 Å². The Hall–Kier alpha value is -2.16. The van der Waals surface area contributed by atoms with Crippen molar-refractivity contribution < 1.29 is 32.9 Å². The van der Waals surface area contributed by atoms with Gasteiger partial charge in [-0.15, -0.1) is 0 Å². The number of carbonyl (C=O) groups is 1. The van der Waals surface area contributed by atoms with Gasteiger partial charge < -0.3 is 15.3 Å². The van der Waals surface area contributed by atoms with Gasteiger partial charge in [0.05, 0.1) is 36.3 Å². The van der Waals surface area contributed by atoms with Crippen LogP contribution in [0.2, 0.25) is 0 Å². The van der Waals surface area contributed by atoms with E-state index in [0.29, 0.717) is 26.9 Å². The first-order chi connectivity index (χ1) is 15.8. The molecule has 0 radical (unpaired) electrons. The van der Waals surface area contributed by atoms with Crippen LogP contribution in [0.5, 0.6) is 0 Å². The van der Waals surface area contributed by atoms with Gasteiger partial charge in [0, 0.05) is 34.9 Å². The van der Waals surface area contributed by atoms with Gasteiger partial charge in [0.1, 0.15) is 5.82 Å². The number of benzene rings is 1. The third-order valence-corrected chi connectivity index (χ3v) is 7.45. The monoisotopic (exact) mass is 607 g/mol. The Labute approximate surface area is 211 Å². The van der Waals surface area contributed by atoms with Gasteiger partial charge in [-0.25, -0.2) is 27.1 Å². The van der Waals surface area contributed by atoms with Crippen molar-refractivity contribution in [2.45, 2.75) is 37.9 Å². The summed E-state index contributed by atoms with van der Waals surface area (Å²) in [6.07, 6.45) is 0.890. The molecule has 2 aromatic rings. The Balaban J connectivity index is 2.65. The SMILES string of the molecule is CC(CI)c1nc(N(C)S(C)(=O)=O)nc(-c2ccc(F)cc2)c1/C=C/[C@@H](O)C[C@@H](O)CC(=O)O. The summed E-state index contributed by atoms with van der Waals surface area (Å²) < 4.78 is 39.4. The molecule has 9 nitrogen and oxygen atoms in total. The van der Waals surface area contributed by atoms with Gasteiger partial charge in [0.25, 0.3) is 0 Å². The zero-order valence-corrected chi connectivity index (χ0v) is 21.9. The number of alkyl halides is 1. The van der Waals surface area contributed by atoms with Crippen molar-refractivity contribution in [2.24, 2.45) is 0 Å². The zero-order chi connectivity index (χ0) is 25.6. The van der Waals surface area contributed by atoms with E-state index in [0.717, 1.165) is 10.6 Å². The third kappa shape index (κ3) is 7.68. The molecule has 34 heavy (non-hydrogen) atoms. The van der Waals surface area contributed by atoms with E-state index in [9.17, 15) is 27.8 Å². The number of aromatic nitrogens is 2. The van der Waals surface area contributed by atoms with Crippen molar-refractivity contribution in [1.29, 1.82) is 0 Å². The Bertz CT molecular complexity index is 1140. The lowest BCUT2D eigenvalue weighted by Crippen LogP contribution is -2.27. The summed E-state index contributed by atoms with van der Waals surface area (Å²) in [4.78, 5) is 19.7. The molecule has 2 rings (SSSR count). The van der Waals surface area contributed by atoms with Crippen LogP contribution in [0.4, 0.5) is 10.3 Å². The van der Waals surface area contributed by atoms with Crippen LogP contribution in [-0.4, -0.2) is 69.6 Å². The fourth-order valence-electron chi connectivity index (χ4n) is 3.05. The molecule has 12 heteroatoms. The highest BCUT2D eigenvalue weighted by Crippen LogP contribution is 2.32. The van der Waals surface area contributed by atoms with Crippen molar-refractivity contribution >= 4 is 50.6 Å². The first-order valence-electron chi connectivity index (χ1n) is 10.3. The average molecular weight is 607 g/mol. The molecule has 3 N–H and O–H groups in total. The number of halogens is 2. The van der Waals surface area contributed by atoms with Gasteiger partial charge in [0.15, 0.2) is 0 Å². The maximum absolute atomic E-state index is 13.6. The Morgan fingerprint density at radius 1 is 1.24 bits per heavy atom. The molecule has 186 valence electrons. The summed E-state index contributed by atoms with van der Waals surface area (Å²) in [7, 11) is -2.33. The molecule has 0 aliphatic rings. The minimum atomic E-state index is -3.66. The number of aliphatic carboxylic acids is 1. The second-order valence-electron chi connectivity index (χ2n) is 7.88. The number of aliphatic hydroxyl groups is 2. The van der Waals surface area contributed by atoms with Crippen LogP contribution < -0.4 is 4.31 Å². The van der Waals surface area contributed by atoms with Crippen LogP contribution in [0.1, 0.15) is 36.9 Å². The van der Waals surface area contributed by atoms with Crippen LogP contribution in [0, 0.1) is 5.82 Å². The van der Waals surface area contributed by atoms with E-state index < -0.39 is 40.4 Å². The lowest BCUT2D eigenvalue weighted by Gasteiger charge is -2.21. The minimum Gasteiger partial charge on any atom is -0.481 e. The van der Waals surface area contributed by atoms with E-state index in [2.05, 4.69) is 32.6 Å². The molecule has 1 unspecified atom stereocenters. The lowest BCUT2D eigenvalue weighted by atomic mass is 9.97. The van der Waals surface area contributed by atoms with Crippen LogP contribution in [0.25, 0.3) is 17.3 Å². The maximum atomic E-state index is 13.6. The number of carboxylic acid groups (broad SMARTS) is 1. The molecule has 0 saturated carbocycles. The Morgan fingerprint density at radius 3 is 2.38 bits per heavy atom. The van der Waals surface area contributed by atoms with Gasteiger partial charge in [-0.05, 0) is 24.3 Å². The van der Waals surface area contributed by atoms with Gasteiger partial charge >= 0.3 is 5.97 Å². The van der Waals surface area contributed by atoms with Crippen molar-refractivity contribution in [1.82, 2.24) is 9.97 Å². The Morgan fingerprint density at radius 2 is 1.85 bits per heavy atom. The minimum absolute atomic E-state index is 0.0527. The summed E-state index contributed by atoms with van der Waals surface area (Å²) in [5, 5.41) is 28.9. The predicted molar refractivity (Wildman–Crippen MR) is 136 cm³/mol. The number of hydrogen-bond donors (Lipinski definition) is 3. The number of rotatable bonds is 11. The average Bonchev–Trinajstić information content (AvgIpc) is 2.75. The fourth-order valence-corrected chi connectivity index (χ4v) is 3.85. The number of carboxylic acids is 1. The first-order valence-corrected chi connectivity index (χ1v) is 13.6. The largest absolute Gasteiger partial charge is 0.481 e. The zero-order valence-electron chi connectivity index (χ0n) is 18.9. The molecule has 1 heterocycles. The highest BCUT2D eigenvalue weighted by molar-refractivity contribution is 14.1. The summed E-state index contributed by atoms with van der Waals surface area (Å²) in [5.41, 5.74) is 1.85. The second-order valence-corrected chi connectivity index (χ2v) is 10.8. The molecule has 1 aromatic heterocycles. The molecule has 0 aliphatic carbocycles. The third-order valence-electron chi connectivity index (χ3n) is 4.97. The molecular weight excluding hydrogens is 580 g/mol. The second kappa shape index (κ2) is 12.0.